The molecule has 0 spiro atoms. The number of carbonyl (C=O) groups is 2. The first-order chi connectivity index (χ1) is 9.73. The highest BCUT2D eigenvalue weighted by atomic mass is 16.2. The average Bonchev–Trinajstić information content (AvgIpc) is 3.05. The van der Waals surface area contributed by atoms with Gasteiger partial charge in [-0.25, -0.2) is 4.98 Å². The van der Waals surface area contributed by atoms with E-state index in [9.17, 15) is 9.59 Å². The molecule has 0 radical (unpaired) electrons. The van der Waals surface area contributed by atoms with E-state index in [0.717, 1.165) is 6.42 Å². The Bertz CT molecular complexity index is 551. The van der Waals surface area contributed by atoms with Crippen LogP contribution in [0, 0.1) is 0 Å². The highest BCUT2D eigenvalue weighted by molar-refractivity contribution is 5.84. The van der Waals surface area contributed by atoms with Gasteiger partial charge in [0.15, 0.2) is 0 Å². The van der Waals surface area contributed by atoms with Crippen LogP contribution >= 0.6 is 0 Å². The highest BCUT2D eigenvalue weighted by Crippen LogP contribution is 2.24. The van der Waals surface area contributed by atoms with Crippen LogP contribution in [0.3, 0.4) is 0 Å². The molecule has 7 heteroatoms. The zero-order valence-corrected chi connectivity index (χ0v) is 13.0. The summed E-state index contributed by atoms with van der Waals surface area (Å²) in [7, 11) is 1.78. The molecule has 1 aromatic rings. The van der Waals surface area contributed by atoms with Crippen LogP contribution in [0.1, 0.15) is 27.2 Å². The lowest BCUT2D eigenvalue weighted by atomic mass is 10.0. The van der Waals surface area contributed by atoms with Crippen LogP contribution in [-0.4, -0.2) is 57.3 Å². The van der Waals surface area contributed by atoms with Gasteiger partial charge in [0.1, 0.15) is 11.4 Å². The average molecular weight is 293 g/mol. The maximum atomic E-state index is 12.7. The van der Waals surface area contributed by atoms with E-state index < -0.39 is 5.54 Å². The fraction of sp³-hybridized carbons (Fsp3) is 0.643. The number of rotatable bonds is 3. The monoisotopic (exact) mass is 293 g/mol. The maximum absolute atomic E-state index is 12.7. The SMILES string of the molecule is CC(=O)N(C)C1CCN(C(=O)C(C)(C)n2cnc(N)c2)C1. The summed E-state index contributed by atoms with van der Waals surface area (Å²) in [6.45, 7) is 6.47. The molecule has 1 saturated heterocycles. The molecule has 0 aliphatic carbocycles. The molecule has 1 aliphatic rings. The Morgan fingerprint density at radius 3 is 2.67 bits per heavy atom. The summed E-state index contributed by atoms with van der Waals surface area (Å²) in [6, 6.07) is 0.0927. The molecule has 0 aromatic carbocycles. The number of nitrogen functional groups attached to an aromatic ring is 1. The molecule has 7 nitrogen and oxygen atoms in total. The summed E-state index contributed by atoms with van der Waals surface area (Å²) in [6.07, 6.45) is 4.04. The van der Waals surface area contributed by atoms with E-state index in [1.54, 1.807) is 40.9 Å². The number of carbonyl (C=O) groups excluding carboxylic acids is 2. The van der Waals surface area contributed by atoms with E-state index in [1.807, 2.05) is 13.8 Å². The molecule has 2 N–H and O–H groups in total. The molecule has 1 aromatic heterocycles. The predicted molar refractivity (Wildman–Crippen MR) is 79.4 cm³/mol. The minimum Gasteiger partial charge on any atom is -0.382 e. The normalized spacial score (nSPS) is 18.9. The first-order valence-corrected chi connectivity index (χ1v) is 7.06. The predicted octanol–water partition coefficient (Wildman–Crippen LogP) is 0.280. The van der Waals surface area contributed by atoms with Crippen molar-refractivity contribution in [3.05, 3.63) is 12.5 Å². The standard InChI is InChI=1S/C14H23N5O2/c1-10(20)17(4)11-5-6-18(7-11)13(21)14(2,3)19-8-12(15)16-9-19/h8-9,11H,5-7,15H2,1-4H3. The fourth-order valence-corrected chi connectivity index (χ4v) is 2.64. The molecule has 0 bridgehead atoms. The van der Waals surface area contributed by atoms with Crippen molar-refractivity contribution in [2.75, 3.05) is 25.9 Å². The Balaban J connectivity index is 2.09. The number of nitrogens with zero attached hydrogens (tertiary/aromatic N) is 4. The zero-order chi connectivity index (χ0) is 15.8. The molecule has 2 heterocycles. The number of imidazole rings is 1. The van der Waals surface area contributed by atoms with Crippen molar-refractivity contribution in [2.24, 2.45) is 0 Å². The molecule has 1 fully saturated rings. The molecule has 116 valence electrons. The summed E-state index contributed by atoms with van der Waals surface area (Å²) in [4.78, 5) is 31.7. The number of likely N-dealkylation sites (N-methyl/N-ethyl adjacent to an activating group) is 1. The van der Waals surface area contributed by atoms with E-state index in [2.05, 4.69) is 4.98 Å². The highest BCUT2D eigenvalue weighted by Gasteiger charge is 2.38. The van der Waals surface area contributed by atoms with E-state index in [0.29, 0.717) is 18.9 Å². The van der Waals surface area contributed by atoms with Gasteiger partial charge in [-0.15, -0.1) is 0 Å². The molecule has 2 amide bonds. The quantitative estimate of drug-likeness (QED) is 0.867. The Kier molecular flexibility index (Phi) is 3.93. The fourth-order valence-electron chi connectivity index (χ4n) is 2.64. The van der Waals surface area contributed by atoms with Gasteiger partial charge >= 0.3 is 0 Å². The first kappa shape index (κ1) is 15.3. The third kappa shape index (κ3) is 2.86. The van der Waals surface area contributed by atoms with Crippen molar-refractivity contribution in [3.8, 4) is 0 Å². The minimum atomic E-state index is -0.742. The number of hydrogen-bond acceptors (Lipinski definition) is 4. The van der Waals surface area contributed by atoms with Gasteiger partial charge in [-0.1, -0.05) is 0 Å². The number of likely N-dealkylation sites (tertiary alicyclic amines) is 1. The molecule has 1 unspecified atom stereocenters. The van der Waals surface area contributed by atoms with Crippen molar-refractivity contribution in [3.63, 3.8) is 0 Å². The van der Waals surface area contributed by atoms with Crippen molar-refractivity contribution in [1.29, 1.82) is 0 Å². The second-order valence-electron chi connectivity index (χ2n) is 6.09. The zero-order valence-electron chi connectivity index (χ0n) is 13.0. The van der Waals surface area contributed by atoms with Crippen molar-refractivity contribution >= 4 is 17.6 Å². The van der Waals surface area contributed by atoms with Gasteiger partial charge in [0.25, 0.3) is 0 Å². The molecular formula is C14H23N5O2. The van der Waals surface area contributed by atoms with Gasteiger partial charge < -0.3 is 20.1 Å². The van der Waals surface area contributed by atoms with Crippen molar-refractivity contribution in [2.45, 2.75) is 38.8 Å². The van der Waals surface area contributed by atoms with Crippen LogP contribution in [0.2, 0.25) is 0 Å². The molecule has 1 aliphatic heterocycles. The van der Waals surface area contributed by atoms with Crippen molar-refractivity contribution < 1.29 is 9.59 Å². The summed E-state index contributed by atoms with van der Waals surface area (Å²) in [5.41, 5.74) is 4.88. The number of nitrogens with two attached hydrogens (primary N) is 1. The van der Waals surface area contributed by atoms with Crippen LogP contribution in [-0.2, 0) is 15.1 Å². The third-order valence-corrected chi connectivity index (χ3v) is 4.27. The lowest BCUT2D eigenvalue weighted by Crippen LogP contribution is -2.47. The Labute approximate surface area is 124 Å². The van der Waals surface area contributed by atoms with Gasteiger partial charge in [-0.3, -0.25) is 9.59 Å². The van der Waals surface area contributed by atoms with Gasteiger partial charge in [0.2, 0.25) is 11.8 Å². The molecule has 21 heavy (non-hydrogen) atoms. The smallest absolute Gasteiger partial charge is 0.248 e. The van der Waals surface area contributed by atoms with Crippen LogP contribution in [0.5, 0.6) is 0 Å². The van der Waals surface area contributed by atoms with Crippen molar-refractivity contribution in [1.82, 2.24) is 19.4 Å². The molecule has 2 rings (SSSR count). The number of anilines is 1. The Hall–Kier alpha value is -2.05. The van der Waals surface area contributed by atoms with Gasteiger partial charge in [-0.2, -0.15) is 0 Å². The lowest BCUT2D eigenvalue weighted by Gasteiger charge is -2.31. The Morgan fingerprint density at radius 1 is 1.48 bits per heavy atom. The van der Waals surface area contributed by atoms with E-state index in [1.165, 1.54) is 0 Å². The van der Waals surface area contributed by atoms with Crippen LogP contribution in [0.4, 0.5) is 5.82 Å². The van der Waals surface area contributed by atoms with Gasteiger partial charge in [0.05, 0.1) is 12.4 Å². The second-order valence-corrected chi connectivity index (χ2v) is 6.09. The third-order valence-electron chi connectivity index (χ3n) is 4.27. The van der Waals surface area contributed by atoms with Gasteiger partial charge in [0, 0.05) is 33.3 Å². The van der Waals surface area contributed by atoms with E-state index in [4.69, 9.17) is 5.73 Å². The lowest BCUT2D eigenvalue weighted by molar-refractivity contribution is -0.139. The molecule has 0 saturated carbocycles. The largest absolute Gasteiger partial charge is 0.382 e. The van der Waals surface area contributed by atoms with Crippen LogP contribution < -0.4 is 5.73 Å². The summed E-state index contributed by atoms with van der Waals surface area (Å²) in [5.74, 6) is 0.432. The summed E-state index contributed by atoms with van der Waals surface area (Å²) >= 11 is 0. The number of amides is 2. The molecular weight excluding hydrogens is 270 g/mol. The van der Waals surface area contributed by atoms with E-state index >= 15 is 0 Å². The maximum Gasteiger partial charge on any atom is 0.248 e. The van der Waals surface area contributed by atoms with Gasteiger partial charge in [-0.05, 0) is 20.3 Å². The van der Waals surface area contributed by atoms with E-state index in [-0.39, 0.29) is 17.9 Å². The van der Waals surface area contributed by atoms with Crippen LogP contribution in [0.25, 0.3) is 0 Å². The topological polar surface area (TPSA) is 84.5 Å². The minimum absolute atomic E-state index is 0.0133. The summed E-state index contributed by atoms with van der Waals surface area (Å²) < 4.78 is 1.73. The number of aromatic nitrogens is 2. The molecule has 1 atom stereocenters. The number of hydrogen-bond donors (Lipinski definition) is 1. The van der Waals surface area contributed by atoms with Crippen LogP contribution in [0.15, 0.2) is 12.5 Å². The Morgan fingerprint density at radius 2 is 2.14 bits per heavy atom. The first-order valence-electron chi connectivity index (χ1n) is 7.06. The summed E-state index contributed by atoms with van der Waals surface area (Å²) in [5, 5.41) is 0. The second kappa shape index (κ2) is 5.38.